The Morgan fingerprint density at radius 1 is 0.677 bits per heavy atom. The van der Waals surface area contributed by atoms with Crippen LogP contribution < -0.4 is 28.4 Å². The summed E-state index contributed by atoms with van der Waals surface area (Å²) in [5.41, 5.74) is 8.17. The number of rotatable bonds is 2. The summed E-state index contributed by atoms with van der Waals surface area (Å²) in [7, 11) is -4.94. The van der Waals surface area contributed by atoms with Gasteiger partial charge in [0, 0.05) is 17.2 Å². The number of para-hydroxylation sites is 1. The topological polar surface area (TPSA) is 116 Å². The maximum atomic E-state index is 8.49. The first-order chi connectivity index (χ1) is 14.9. The average molecular weight is 436 g/mol. The second-order valence-electron chi connectivity index (χ2n) is 6.85. The molecule has 0 radical (unpaired) electrons. The zero-order valence-electron chi connectivity index (χ0n) is 16.3. The highest BCUT2D eigenvalue weighted by Crippen LogP contribution is 2.40. The molecule has 0 atom stereocenters. The van der Waals surface area contributed by atoms with Gasteiger partial charge in [-0.15, -0.1) is 10.2 Å². The maximum absolute atomic E-state index is 8.49. The Kier molecular flexibility index (Phi) is 5.99. The fraction of sp³-hybridized carbons (Fsp3) is 0.0417. The Morgan fingerprint density at radius 2 is 1.23 bits per heavy atom. The molecule has 0 spiro atoms. The molecule has 0 amide bonds. The minimum absolute atomic E-state index is 0.572. The van der Waals surface area contributed by atoms with Crippen molar-refractivity contribution in [2.75, 3.05) is 0 Å². The molecule has 0 unspecified atom stereocenters. The summed E-state index contributed by atoms with van der Waals surface area (Å²) in [5, 5.41) is 0. The Balaban J connectivity index is 0.000000418. The van der Waals surface area contributed by atoms with E-state index in [1.165, 1.54) is 22.3 Å². The van der Waals surface area contributed by atoms with Gasteiger partial charge in [0.2, 0.25) is 11.4 Å². The first-order valence-corrected chi connectivity index (χ1v) is 10.7. The van der Waals surface area contributed by atoms with E-state index in [1.54, 1.807) is 0 Å². The molecule has 1 aliphatic heterocycles. The molecule has 0 aliphatic carbocycles. The van der Waals surface area contributed by atoms with Crippen LogP contribution in [-0.2, 0) is 6.61 Å². The number of nitrogens with one attached hydrogen (secondary N) is 1. The second-order valence-corrected chi connectivity index (χ2v) is 7.60. The smallest absolute Gasteiger partial charge is 0.222 e. The number of ether oxygens (including phenoxy) is 1. The molecule has 1 aliphatic rings. The molecule has 0 bridgehead atoms. The van der Waals surface area contributed by atoms with Crippen molar-refractivity contribution in [3.8, 4) is 39.4 Å². The van der Waals surface area contributed by atoms with Crippen LogP contribution in [0, 0.1) is 10.2 Å². The van der Waals surface area contributed by atoms with Crippen LogP contribution in [0.3, 0.4) is 0 Å². The van der Waals surface area contributed by atoms with Gasteiger partial charge in [-0.05, 0) is 29.8 Å². The molecule has 0 saturated carbocycles. The van der Waals surface area contributed by atoms with Crippen LogP contribution in [0.15, 0.2) is 91.0 Å². The van der Waals surface area contributed by atoms with Crippen molar-refractivity contribution in [2.45, 2.75) is 6.61 Å². The molecule has 2 heterocycles. The van der Waals surface area contributed by atoms with Crippen molar-refractivity contribution in [3.63, 3.8) is 0 Å². The number of hydrogen-bond donors (Lipinski definition) is 0. The van der Waals surface area contributed by atoms with Gasteiger partial charge in [0.05, 0.1) is 11.1 Å². The lowest BCUT2D eigenvalue weighted by molar-refractivity contribution is -2.00. The number of aromatic nitrogens is 1. The molecule has 0 fully saturated rings. The van der Waals surface area contributed by atoms with E-state index in [1.807, 2.05) is 18.2 Å². The van der Waals surface area contributed by atoms with E-state index in [9.17, 15) is 0 Å². The van der Waals surface area contributed by atoms with Gasteiger partial charge in [0.25, 0.3) is 0 Å². The van der Waals surface area contributed by atoms with Gasteiger partial charge in [-0.2, -0.15) is 0 Å². The van der Waals surface area contributed by atoms with Crippen LogP contribution in [0.4, 0.5) is 0 Å². The van der Waals surface area contributed by atoms with Crippen molar-refractivity contribution < 1.29 is 38.6 Å². The summed E-state index contributed by atoms with van der Waals surface area (Å²) in [6.07, 6.45) is 0. The van der Waals surface area contributed by atoms with Crippen LogP contribution in [0.25, 0.3) is 33.6 Å². The predicted octanol–water partition coefficient (Wildman–Crippen LogP) is 0.638. The summed E-state index contributed by atoms with van der Waals surface area (Å²) in [6.45, 7) is 0.572. The molecule has 31 heavy (non-hydrogen) atoms. The third-order valence-corrected chi connectivity index (χ3v) is 4.87. The van der Waals surface area contributed by atoms with Crippen molar-refractivity contribution in [2.24, 2.45) is 0 Å². The van der Waals surface area contributed by atoms with E-state index in [-0.39, 0.29) is 0 Å². The first kappa shape index (κ1) is 21.0. The molecule has 0 saturated heterocycles. The number of halogens is 1. The number of hydrogen-bond acceptors (Lipinski definition) is 5. The molecule has 1 aromatic heterocycles. The molecule has 5 rings (SSSR count). The normalized spacial score (nSPS) is 12.0. The highest BCUT2D eigenvalue weighted by Gasteiger charge is 2.28. The largest absolute Gasteiger partial charge is 0.488 e. The fourth-order valence-corrected chi connectivity index (χ4v) is 3.59. The Hall–Kier alpha value is -3.26. The Morgan fingerprint density at radius 3 is 1.87 bits per heavy atom. The average Bonchev–Trinajstić information content (AvgIpc) is 2.78. The minimum atomic E-state index is -4.94. The van der Waals surface area contributed by atoms with Gasteiger partial charge in [-0.25, -0.2) is 23.6 Å². The Bertz CT molecular complexity index is 1150. The van der Waals surface area contributed by atoms with E-state index < -0.39 is 10.2 Å². The highest BCUT2D eigenvalue weighted by molar-refractivity contribution is 5.80. The quantitative estimate of drug-likeness (QED) is 0.458. The van der Waals surface area contributed by atoms with Crippen LogP contribution in [0.2, 0.25) is 0 Å². The van der Waals surface area contributed by atoms with Gasteiger partial charge in [0.15, 0.2) is 0 Å². The number of fused-ring (bicyclic) bond motifs is 3. The first-order valence-electron chi connectivity index (χ1n) is 9.44. The molecule has 3 aromatic carbocycles. The molecule has 6 nitrogen and oxygen atoms in total. The molecular weight excluding hydrogens is 418 g/mol. The van der Waals surface area contributed by atoms with E-state index in [4.69, 9.17) is 23.4 Å². The number of aromatic amines is 1. The van der Waals surface area contributed by atoms with Crippen molar-refractivity contribution in [3.05, 3.63) is 96.6 Å². The lowest BCUT2D eigenvalue weighted by Crippen LogP contribution is -2.68. The zero-order valence-corrected chi connectivity index (χ0v) is 17.0. The minimum Gasteiger partial charge on any atom is -0.488 e. The van der Waals surface area contributed by atoms with Crippen LogP contribution in [-0.4, -0.2) is 0 Å². The van der Waals surface area contributed by atoms with Gasteiger partial charge in [-0.1, -0.05) is 60.7 Å². The summed E-state index contributed by atoms with van der Waals surface area (Å²) in [6, 6.07) is 31.5. The van der Waals surface area contributed by atoms with Crippen molar-refractivity contribution in [1.82, 2.24) is 0 Å². The van der Waals surface area contributed by atoms with E-state index in [0.717, 1.165) is 22.7 Å². The van der Waals surface area contributed by atoms with E-state index >= 15 is 0 Å². The van der Waals surface area contributed by atoms with Crippen LogP contribution in [0.1, 0.15) is 5.56 Å². The maximum Gasteiger partial charge on any atom is 0.222 e. The monoisotopic (exact) mass is 435 g/mol. The molecule has 4 aromatic rings. The number of H-pyrrole nitrogens is 1. The SMILES string of the molecule is [O-][Cl+3]([O-])([O-])[O-].c1ccc(-c2cc(-c3ccccc3)c3c([nH+]2)-c2ccccc2OC3)cc1. The second kappa shape index (κ2) is 8.85. The third kappa shape index (κ3) is 5.08. The molecule has 1 N–H and O–H groups in total. The molecule has 7 heteroatoms. The van der Waals surface area contributed by atoms with Crippen molar-refractivity contribution >= 4 is 0 Å². The third-order valence-electron chi connectivity index (χ3n) is 4.87. The fourth-order valence-electron chi connectivity index (χ4n) is 3.59. The van der Waals surface area contributed by atoms with Crippen molar-refractivity contribution in [1.29, 1.82) is 0 Å². The summed E-state index contributed by atoms with van der Waals surface area (Å²) in [5.74, 6) is 0.931. The summed E-state index contributed by atoms with van der Waals surface area (Å²) in [4.78, 5) is 3.67. The highest BCUT2D eigenvalue weighted by atomic mass is 35.7. The lowest BCUT2D eigenvalue weighted by atomic mass is 9.92. The van der Waals surface area contributed by atoms with Crippen LogP contribution in [0.5, 0.6) is 5.75 Å². The zero-order chi connectivity index (χ0) is 21.8. The van der Waals surface area contributed by atoms with Gasteiger partial charge in [0.1, 0.15) is 12.4 Å². The standard InChI is InChI=1S/C24H17NO.ClHO4/c1-3-9-17(10-4-1)20-15-22(18-11-5-2-6-12-18)25-24-19-13-7-8-14-23(19)26-16-21(20)24;2-1(3,4)5/h1-15H,16H2;(H,2,3,4,5). The van der Waals surface area contributed by atoms with Gasteiger partial charge < -0.3 is 4.74 Å². The van der Waals surface area contributed by atoms with E-state index in [2.05, 4.69) is 77.8 Å². The molecular formula is C24H18ClNO5. The summed E-state index contributed by atoms with van der Waals surface area (Å²) >= 11 is 0. The molecule has 156 valence electrons. The predicted molar refractivity (Wildman–Crippen MR) is 104 cm³/mol. The van der Waals surface area contributed by atoms with Gasteiger partial charge >= 0.3 is 0 Å². The Labute approximate surface area is 181 Å². The van der Waals surface area contributed by atoms with Crippen LogP contribution >= 0.6 is 0 Å². The number of benzene rings is 3. The number of pyridine rings is 1. The summed E-state index contributed by atoms with van der Waals surface area (Å²) < 4.78 is 40.0. The van der Waals surface area contributed by atoms with E-state index in [0.29, 0.717) is 6.61 Å². The lowest BCUT2D eigenvalue weighted by Gasteiger charge is -2.20. The van der Waals surface area contributed by atoms with Gasteiger partial charge in [-0.3, -0.25) is 0 Å².